The van der Waals surface area contributed by atoms with Gasteiger partial charge in [-0.1, -0.05) is 20.8 Å². The number of ketones is 1. The van der Waals surface area contributed by atoms with Gasteiger partial charge in [0.15, 0.2) is 12.4 Å². The van der Waals surface area contributed by atoms with Crippen LogP contribution in [0, 0.1) is 5.41 Å². The van der Waals surface area contributed by atoms with Crippen LogP contribution in [0.1, 0.15) is 56.0 Å². The van der Waals surface area contributed by atoms with Crippen LogP contribution < -0.4 is 5.32 Å². The Morgan fingerprint density at radius 2 is 1.95 bits per heavy atom. The summed E-state index contributed by atoms with van der Waals surface area (Å²) in [4.78, 5) is 35.4. The molecule has 1 aromatic carbocycles. The van der Waals surface area contributed by atoms with Gasteiger partial charge in [-0.2, -0.15) is 0 Å². The van der Waals surface area contributed by atoms with Crippen LogP contribution in [0.25, 0.3) is 0 Å². The second-order valence-corrected chi connectivity index (χ2v) is 6.83. The first kappa shape index (κ1) is 16.2. The summed E-state index contributed by atoms with van der Waals surface area (Å²) in [5.41, 5.74) is 1.82. The molecule has 1 amide bonds. The molecule has 2 rings (SSSR count). The molecule has 1 aromatic rings. The lowest BCUT2D eigenvalue weighted by Gasteiger charge is -2.16. The van der Waals surface area contributed by atoms with Crippen LogP contribution >= 0.6 is 0 Å². The van der Waals surface area contributed by atoms with Crippen molar-refractivity contribution in [2.75, 3.05) is 11.9 Å². The summed E-state index contributed by atoms with van der Waals surface area (Å²) in [7, 11) is 0. The molecule has 1 atom stereocenters. The Morgan fingerprint density at radius 1 is 1.27 bits per heavy atom. The highest BCUT2D eigenvalue weighted by Gasteiger charge is 2.27. The van der Waals surface area contributed by atoms with Crippen LogP contribution in [0.15, 0.2) is 18.2 Å². The SMILES string of the molecule is C[C@H]1C(=O)Nc2ccc(C(=O)COC(=O)CC(C)(C)C)cc21. The zero-order valence-corrected chi connectivity index (χ0v) is 13.4. The fourth-order valence-electron chi connectivity index (χ4n) is 2.30. The van der Waals surface area contributed by atoms with Crippen LogP contribution in [0.3, 0.4) is 0 Å². The minimum atomic E-state index is -0.382. The van der Waals surface area contributed by atoms with Crippen LogP contribution in [0.2, 0.25) is 0 Å². The van der Waals surface area contributed by atoms with Gasteiger partial charge in [0.1, 0.15) is 0 Å². The average Bonchev–Trinajstić information content (AvgIpc) is 2.69. The molecule has 1 N–H and O–H groups in total. The van der Waals surface area contributed by atoms with E-state index < -0.39 is 0 Å². The average molecular weight is 303 g/mol. The van der Waals surface area contributed by atoms with E-state index >= 15 is 0 Å². The number of carbonyl (C=O) groups excluding carboxylic acids is 3. The number of fused-ring (bicyclic) bond motifs is 1. The highest BCUT2D eigenvalue weighted by Crippen LogP contribution is 2.32. The summed E-state index contributed by atoms with van der Waals surface area (Å²) >= 11 is 0. The first-order chi connectivity index (χ1) is 10.2. The maximum Gasteiger partial charge on any atom is 0.306 e. The Labute approximate surface area is 130 Å². The van der Waals surface area contributed by atoms with Gasteiger partial charge in [0.2, 0.25) is 5.91 Å². The van der Waals surface area contributed by atoms with E-state index in [1.165, 1.54) is 0 Å². The van der Waals surface area contributed by atoms with Gasteiger partial charge in [-0.3, -0.25) is 14.4 Å². The van der Waals surface area contributed by atoms with Crippen molar-refractivity contribution < 1.29 is 19.1 Å². The third-order valence-corrected chi connectivity index (χ3v) is 3.53. The van der Waals surface area contributed by atoms with E-state index in [1.807, 2.05) is 20.8 Å². The topological polar surface area (TPSA) is 72.5 Å². The molecule has 1 heterocycles. The number of benzene rings is 1. The monoisotopic (exact) mass is 303 g/mol. The number of anilines is 1. The van der Waals surface area contributed by atoms with Crippen molar-refractivity contribution in [2.45, 2.75) is 40.0 Å². The van der Waals surface area contributed by atoms with Crippen molar-refractivity contribution in [3.63, 3.8) is 0 Å². The van der Waals surface area contributed by atoms with Gasteiger partial charge < -0.3 is 10.1 Å². The molecule has 1 aliphatic rings. The third-order valence-electron chi connectivity index (χ3n) is 3.53. The molecule has 0 saturated heterocycles. The van der Waals surface area contributed by atoms with Gasteiger partial charge >= 0.3 is 5.97 Å². The molecule has 118 valence electrons. The smallest absolute Gasteiger partial charge is 0.306 e. The quantitative estimate of drug-likeness (QED) is 0.685. The number of Topliss-reactive ketones (excluding diaryl/α,β-unsaturated/α-hetero) is 1. The molecule has 22 heavy (non-hydrogen) atoms. The maximum absolute atomic E-state index is 12.1. The van der Waals surface area contributed by atoms with Crippen LogP contribution in [0.5, 0.6) is 0 Å². The largest absolute Gasteiger partial charge is 0.457 e. The number of nitrogens with one attached hydrogen (secondary N) is 1. The summed E-state index contributed by atoms with van der Waals surface area (Å²) in [6.07, 6.45) is 0.264. The Balaban J connectivity index is 2.00. The Morgan fingerprint density at radius 3 is 2.59 bits per heavy atom. The van der Waals surface area contributed by atoms with Crippen molar-refractivity contribution >= 4 is 23.3 Å². The van der Waals surface area contributed by atoms with Crippen LogP contribution in [0.4, 0.5) is 5.69 Å². The predicted octanol–water partition coefficient (Wildman–Crippen LogP) is 2.90. The van der Waals surface area contributed by atoms with Crippen molar-refractivity contribution in [1.82, 2.24) is 0 Å². The van der Waals surface area contributed by atoms with E-state index in [0.717, 1.165) is 11.3 Å². The summed E-state index contributed by atoms with van der Waals surface area (Å²) in [5, 5.41) is 2.75. The summed E-state index contributed by atoms with van der Waals surface area (Å²) in [6.45, 7) is 7.31. The predicted molar refractivity (Wildman–Crippen MR) is 82.8 cm³/mol. The molecule has 0 bridgehead atoms. The van der Waals surface area contributed by atoms with E-state index in [2.05, 4.69) is 5.32 Å². The lowest BCUT2D eigenvalue weighted by atomic mass is 9.92. The Bertz CT molecular complexity index is 628. The number of ether oxygens (including phenoxy) is 1. The molecule has 5 heteroatoms. The van der Waals surface area contributed by atoms with Gasteiger partial charge in [0.25, 0.3) is 0 Å². The van der Waals surface area contributed by atoms with Crippen molar-refractivity contribution in [1.29, 1.82) is 0 Å². The maximum atomic E-state index is 12.1. The number of esters is 1. The highest BCUT2D eigenvalue weighted by molar-refractivity contribution is 6.05. The number of rotatable bonds is 4. The van der Waals surface area contributed by atoms with Gasteiger partial charge in [-0.25, -0.2) is 0 Å². The molecule has 0 unspecified atom stereocenters. The highest BCUT2D eigenvalue weighted by atomic mass is 16.5. The molecule has 0 radical (unpaired) electrons. The second-order valence-electron chi connectivity index (χ2n) is 6.83. The third kappa shape index (κ3) is 3.72. The van der Waals surface area contributed by atoms with E-state index in [-0.39, 0.29) is 42.0 Å². The fourth-order valence-corrected chi connectivity index (χ4v) is 2.30. The molecule has 0 fully saturated rings. The standard InChI is InChI=1S/C17H21NO4/c1-10-12-7-11(5-6-13(12)18-16(10)21)14(19)9-22-15(20)8-17(2,3)4/h5-7,10H,8-9H2,1-4H3,(H,18,21)/t10-/m1/s1. The zero-order valence-electron chi connectivity index (χ0n) is 13.4. The van der Waals surface area contributed by atoms with Crippen LogP contribution in [-0.2, 0) is 14.3 Å². The zero-order chi connectivity index (χ0) is 16.5. The van der Waals surface area contributed by atoms with Crippen LogP contribution in [-0.4, -0.2) is 24.3 Å². The van der Waals surface area contributed by atoms with Gasteiger partial charge in [-0.15, -0.1) is 0 Å². The molecular formula is C17H21NO4. The lowest BCUT2D eigenvalue weighted by molar-refractivity contribution is -0.144. The van der Waals surface area contributed by atoms with E-state index in [1.54, 1.807) is 25.1 Å². The van der Waals surface area contributed by atoms with E-state index in [9.17, 15) is 14.4 Å². The first-order valence-corrected chi connectivity index (χ1v) is 7.31. The second kappa shape index (κ2) is 5.91. The number of hydrogen-bond donors (Lipinski definition) is 1. The summed E-state index contributed by atoms with van der Waals surface area (Å²) in [6, 6.07) is 5.04. The number of hydrogen-bond acceptors (Lipinski definition) is 4. The molecule has 0 saturated carbocycles. The van der Waals surface area contributed by atoms with Crippen molar-refractivity contribution in [2.24, 2.45) is 5.41 Å². The fraction of sp³-hybridized carbons (Fsp3) is 0.471. The Hall–Kier alpha value is -2.17. The number of carbonyl (C=O) groups is 3. The normalized spacial score (nSPS) is 16.9. The molecule has 0 aromatic heterocycles. The molecule has 5 nitrogen and oxygen atoms in total. The first-order valence-electron chi connectivity index (χ1n) is 7.31. The molecule has 1 aliphatic heterocycles. The molecule has 0 aliphatic carbocycles. The molecule has 0 spiro atoms. The number of amides is 1. The van der Waals surface area contributed by atoms with Crippen molar-refractivity contribution in [3.05, 3.63) is 29.3 Å². The van der Waals surface area contributed by atoms with Crippen molar-refractivity contribution in [3.8, 4) is 0 Å². The minimum Gasteiger partial charge on any atom is -0.457 e. The Kier molecular flexibility index (Phi) is 4.35. The van der Waals surface area contributed by atoms with Gasteiger partial charge in [0, 0.05) is 11.3 Å². The van der Waals surface area contributed by atoms with Gasteiger partial charge in [0.05, 0.1) is 12.3 Å². The lowest BCUT2D eigenvalue weighted by Crippen LogP contribution is -2.19. The molecular weight excluding hydrogens is 282 g/mol. The van der Waals surface area contributed by atoms with E-state index in [0.29, 0.717) is 5.56 Å². The minimum absolute atomic E-state index is 0.0730. The summed E-state index contributed by atoms with van der Waals surface area (Å²) in [5.74, 6) is -0.994. The van der Waals surface area contributed by atoms with E-state index in [4.69, 9.17) is 4.74 Å². The summed E-state index contributed by atoms with van der Waals surface area (Å²) < 4.78 is 5.03. The van der Waals surface area contributed by atoms with Gasteiger partial charge in [-0.05, 0) is 36.1 Å².